The van der Waals surface area contributed by atoms with E-state index in [0.717, 1.165) is 10.7 Å². The van der Waals surface area contributed by atoms with Gasteiger partial charge in [0, 0.05) is 10.7 Å². The van der Waals surface area contributed by atoms with Gasteiger partial charge in [-0.15, -0.1) is 0 Å². The SMILES string of the molecule is BrCc1ccc2c3c(-c4ccccc4)c4c(-c5ccccc5)c5c6cccc7c(CBr)ccc(c5c(-c5ccccc5)c4c(-c4ccccc4)c3c3cccc1c32)c76. The Balaban J connectivity index is 1.52. The van der Waals surface area contributed by atoms with Crippen LogP contribution in [0.1, 0.15) is 11.1 Å². The first kappa shape index (κ1) is 34.0. The molecule has 0 fully saturated rings. The molecule has 0 nitrogen and oxygen atoms in total. The fourth-order valence-electron chi connectivity index (χ4n) is 10.4. The van der Waals surface area contributed by atoms with Crippen molar-refractivity contribution < 1.29 is 0 Å². The summed E-state index contributed by atoms with van der Waals surface area (Å²) < 4.78 is 0. The largest absolute Gasteiger partial charge is 0.0876 e. The first-order chi connectivity index (χ1) is 28.8. The second-order valence-electron chi connectivity index (χ2n) is 15.5. The summed E-state index contributed by atoms with van der Waals surface area (Å²) in [7, 11) is 0. The van der Waals surface area contributed by atoms with Gasteiger partial charge in [0.15, 0.2) is 0 Å². The van der Waals surface area contributed by atoms with Crippen molar-refractivity contribution in [2.45, 2.75) is 10.7 Å². The Morgan fingerprint density at radius 3 is 0.793 bits per heavy atom. The van der Waals surface area contributed by atoms with E-state index in [-0.39, 0.29) is 0 Å². The van der Waals surface area contributed by atoms with Gasteiger partial charge in [-0.25, -0.2) is 0 Å². The highest BCUT2D eigenvalue weighted by molar-refractivity contribution is 9.08. The van der Waals surface area contributed by atoms with E-state index in [1.807, 2.05) is 0 Å². The molecular weight excluding hydrogens is 832 g/mol. The minimum absolute atomic E-state index is 0.799. The average Bonchev–Trinajstić information content (AvgIpc) is 3.80. The van der Waals surface area contributed by atoms with Gasteiger partial charge in [0.2, 0.25) is 0 Å². The zero-order chi connectivity index (χ0) is 38.5. The van der Waals surface area contributed by atoms with Crippen LogP contribution in [0.15, 0.2) is 182 Å². The maximum Gasteiger partial charge on any atom is 0.0289 e. The zero-order valence-corrected chi connectivity index (χ0v) is 34.7. The summed E-state index contributed by atoms with van der Waals surface area (Å²) in [5.41, 5.74) is 12.7. The van der Waals surface area contributed by atoms with Gasteiger partial charge in [0.05, 0.1) is 0 Å². The van der Waals surface area contributed by atoms with Crippen LogP contribution in [0.5, 0.6) is 0 Å². The molecule has 58 heavy (non-hydrogen) atoms. The molecule has 272 valence electrons. The van der Waals surface area contributed by atoms with Crippen LogP contribution in [0.3, 0.4) is 0 Å². The third-order valence-electron chi connectivity index (χ3n) is 12.6. The lowest BCUT2D eigenvalue weighted by atomic mass is 9.78. The Morgan fingerprint density at radius 2 is 0.500 bits per heavy atom. The third-order valence-corrected chi connectivity index (χ3v) is 13.8. The molecule has 0 heterocycles. The van der Waals surface area contributed by atoms with Gasteiger partial charge in [-0.05, 0) is 131 Å². The van der Waals surface area contributed by atoms with Crippen molar-refractivity contribution in [2.75, 3.05) is 0 Å². The number of rotatable bonds is 6. The van der Waals surface area contributed by atoms with E-state index < -0.39 is 0 Å². The Bertz CT molecular complexity index is 3140. The highest BCUT2D eigenvalue weighted by Gasteiger charge is 2.31. The van der Waals surface area contributed by atoms with Crippen LogP contribution in [-0.4, -0.2) is 0 Å². The summed E-state index contributed by atoms with van der Waals surface area (Å²) in [6.07, 6.45) is 0. The predicted molar refractivity (Wildman–Crippen MR) is 258 cm³/mol. The number of hydrogen-bond donors (Lipinski definition) is 0. The lowest BCUT2D eigenvalue weighted by Crippen LogP contribution is -1.96. The Morgan fingerprint density at radius 1 is 0.224 bits per heavy atom. The topological polar surface area (TPSA) is 0 Å². The highest BCUT2D eigenvalue weighted by atomic mass is 79.9. The fraction of sp³-hybridized carbons (Fsp3) is 0.0357. The highest BCUT2D eigenvalue weighted by Crippen LogP contribution is 2.59. The molecule has 0 bridgehead atoms. The molecule has 0 amide bonds. The normalized spacial score (nSPS) is 12.1. The maximum atomic E-state index is 3.85. The molecule has 12 rings (SSSR count). The van der Waals surface area contributed by atoms with E-state index in [4.69, 9.17) is 0 Å². The lowest BCUT2D eigenvalue weighted by molar-refractivity contribution is 1.51. The second kappa shape index (κ2) is 13.2. The molecule has 0 saturated heterocycles. The summed E-state index contributed by atoms with van der Waals surface area (Å²) in [4.78, 5) is 0. The van der Waals surface area contributed by atoms with Crippen molar-refractivity contribution in [2.24, 2.45) is 0 Å². The van der Waals surface area contributed by atoms with E-state index in [0.29, 0.717) is 0 Å². The van der Waals surface area contributed by atoms with Gasteiger partial charge >= 0.3 is 0 Å². The van der Waals surface area contributed by atoms with E-state index in [2.05, 4.69) is 214 Å². The van der Waals surface area contributed by atoms with Gasteiger partial charge < -0.3 is 0 Å². The minimum atomic E-state index is 0.799. The van der Waals surface area contributed by atoms with E-state index in [1.165, 1.54) is 131 Å². The first-order valence-electron chi connectivity index (χ1n) is 19.9. The van der Waals surface area contributed by atoms with Crippen LogP contribution in [0.25, 0.3) is 120 Å². The zero-order valence-electron chi connectivity index (χ0n) is 31.5. The molecule has 0 N–H and O–H groups in total. The second-order valence-corrected chi connectivity index (χ2v) is 16.6. The molecular formula is C56H34Br2. The van der Waals surface area contributed by atoms with Crippen molar-refractivity contribution in [3.8, 4) is 44.5 Å². The number of halogens is 2. The van der Waals surface area contributed by atoms with E-state index in [1.54, 1.807) is 0 Å². The molecule has 0 unspecified atom stereocenters. The Kier molecular flexibility index (Phi) is 7.77. The van der Waals surface area contributed by atoms with Crippen molar-refractivity contribution in [3.05, 3.63) is 193 Å². The Labute approximate surface area is 353 Å². The molecule has 2 heteroatoms. The van der Waals surface area contributed by atoms with Crippen molar-refractivity contribution in [3.63, 3.8) is 0 Å². The maximum absolute atomic E-state index is 3.85. The van der Waals surface area contributed by atoms with Gasteiger partial charge in [-0.1, -0.05) is 214 Å². The molecule has 0 aromatic heterocycles. The molecule has 0 atom stereocenters. The van der Waals surface area contributed by atoms with Crippen molar-refractivity contribution in [1.82, 2.24) is 0 Å². The molecule has 0 aliphatic carbocycles. The van der Waals surface area contributed by atoms with Crippen LogP contribution in [0.4, 0.5) is 0 Å². The molecule has 12 aromatic carbocycles. The minimum Gasteiger partial charge on any atom is -0.0876 e. The fourth-order valence-corrected chi connectivity index (χ4v) is 11.4. The Hall–Kier alpha value is -6.06. The third kappa shape index (κ3) is 4.68. The van der Waals surface area contributed by atoms with Crippen LogP contribution < -0.4 is 0 Å². The average molecular weight is 867 g/mol. The monoisotopic (exact) mass is 864 g/mol. The summed E-state index contributed by atoms with van der Waals surface area (Å²) >= 11 is 7.71. The van der Waals surface area contributed by atoms with Crippen LogP contribution in [-0.2, 0) is 10.7 Å². The number of alkyl halides is 2. The van der Waals surface area contributed by atoms with Gasteiger partial charge in [-0.3, -0.25) is 0 Å². The molecule has 0 aliphatic heterocycles. The van der Waals surface area contributed by atoms with E-state index >= 15 is 0 Å². The first-order valence-corrected chi connectivity index (χ1v) is 22.2. The summed E-state index contributed by atoms with van der Waals surface area (Å²) in [6.45, 7) is 0. The standard InChI is InChI=1S/C56H34Br2/c57-31-37-27-29-43-49-39(37)23-13-25-41(49)51-45(33-15-5-1-6-16-33)55-47(35-19-9-3-10-20-35)54-44-30-28-38(32-58)40-24-14-26-42(50(40)44)52(54)46(34-17-7-2-8-18-34)56(55)48(53(43)51)36-21-11-4-12-22-36/h1-30H,31-32H2. The number of fused-ring (bicyclic) bond motifs is 7. The molecule has 0 radical (unpaired) electrons. The van der Waals surface area contributed by atoms with Gasteiger partial charge in [0.1, 0.15) is 0 Å². The molecule has 0 saturated carbocycles. The predicted octanol–water partition coefficient (Wildman–Crippen LogP) is 17.1. The summed E-state index contributed by atoms with van der Waals surface area (Å²) in [5.74, 6) is 0. The van der Waals surface area contributed by atoms with Crippen LogP contribution in [0, 0.1) is 0 Å². The smallest absolute Gasteiger partial charge is 0.0289 e. The quantitative estimate of drug-likeness (QED) is 0.146. The van der Waals surface area contributed by atoms with Crippen LogP contribution in [0.2, 0.25) is 0 Å². The van der Waals surface area contributed by atoms with Gasteiger partial charge in [0.25, 0.3) is 0 Å². The molecule has 12 aromatic rings. The van der Waals surface area contributed by atoms with E-state index in [9.17, 15) is 0 Å². The molecule has 0 aliphatic rings. The lowest BCUT2D eigenvalue weighted by Gasteiger charge is -2.24. The van der Waals surface area contributed by atoms with Gasteiger partial charge in [-0.2, -0.15) is 0 Å². The number of benzene rings is 10. The summed E-state index contributed by atoms with van der Waals surface area (Å²) in [5, 5.41) is 20.0. The molecule has 0 spiro atoms. The number of hydrogen-bond acceptors (Lipinski definition) is 0. The summed E-state index contributed by atoms with van der Waals surface area (Å²) in [6, 6.07) is 68.2. The van der Waals surface area contributed by atoms with Crippen molar-refractivity contribution in [1.29, 1.82) is 0 Å². The van der Waals surface area contributed by atoms with Crippen LogP contribution >= 0.6 is 31.9 Å². The van der Waals surface area contributed by atoms with Crippen molar-refractivity contribution >= 4 is 107 Å².